The van der Waals surface area contributed by atoms with E-state index in [9.17, 15) is 23.1 Å². The minimum absolute atomic E-state index is 0.143. The monoisotopic (exact) mass is 459 g/mol. The summed E-state index contributed by atoms with van der Waals surface area (Å²) in [6.07, 6.45) is 1.67. The quantitative estimate of drug-likeness (QED) is 0.483. The largest absolute Gasteiger partial charge is 0.493 e. The standard InChI is InChI=1S/C24H24F3N3O3/c1-14-2-8-18(10-19(14)23(31)32)33-13-15-3-5-16(6-4-15)20-9-7-17(11-28-20)22-29-12-21(30-22)24(25,26)27/h2,7-12,15-16H,3-6,13H2,1H3,(H,29,30)(H,31,32). The molecule has 0 amide bonds. The van der Waals surface area contributed by atoms with Crippen LogP contribution in [0.2, 0.25) is 0 Å². The molecule has 1 aromatic carbocycles. The summed E-state index contributed by atoms with van der Waals surface area (Å²) in [5.74, 6) is 0.396. The number of aromatic nitrogens is 3. The molecule has 2 aromatic heterocycles. The molecule has 9 heteroatoms. The van der Waals surface area contributed by atoms with Gasteiger partial charge in [0.05, 0.1) is 18.4 Å². The van der Waals surface area contributed by atoms with E-state index < -0.39 is 17.8 Å². The van der Waals surface area contributed by atoms with Crippen molar-refractivity contribution in [2.75, 3.05) is 6.61 Å². The third-order valence-electron chi connectivity index (χ3n) is 6.13. The zero-order valence-electron chi connectivity index (χ0n) is 18.0. The van der Waals surface area contributed by atoms with Gasteiger partial charge in [-0.2, -0.15) is 13.2 Å². The molecule has 1 aliphatic rings. The van der Waals surface area contributed by atoms with Crippen LogP contribution in [0, 0.1) is 12.8 Å². The van der Waals surface area contributed by atoms with Crippen LogP contribution < -0.4 is 4.74 Å². The molecule has 0 bridgehead atoms. The van der Waals surface area contributed by atoms with Gasteiger partial charge in [0.1, 0.15) is 17.3 Å². The Morgan fingerprint density at radius 2 is 1.88 bits per heavy atom. The first kappa shape index (κ1) is 22.8. The van der Waals surface area contributed by atoms with Gasteiger partial charge < -0.3 is 14.8 Å². The van der Waals surface area contributed by atoms with E-state index in [2.05, 4.69) is 15.0 Å². The van der Waals surface area contributed by atoms with E-state index in [0.717, 1.165) is 37.6 Å². The minimum atomic E-state index is -4.46. The number of carbonyl (C=O) groups is 1. The molecule has 2 heterocycles. The van der Waals surface area contributed by atoms with Gasteiger partial charge in [-0.05, 0) is 68.4 Å². The molecule has 4 rings (SSSR count). The highest BCUT2D eigenvalue weighted by Gasteiger charge is 2.33. The van der Waals surface area contributed by atoms with E-state index in [4.69, 9.17) is 4.74 Å². The molecule has 0 spiro atoms. The number of pyridine rings is 1. The van der Waals surface area contributed by atoms with E-state index in [1.165, 1.54) is 0 Å². The number of imidazole rings is 1. The predicted molar refractivity (Wildman–Crippen MR) is 115 cm³/mol. The highest BCUT2D eigenvalue weighted by atomic mass is 19.4. The summed E-state index contributed by atoms with van der Waals surface area (Å²) in [5, 5.41) is 9.25. The molecule has 174 valence electrons. The molecule has 2 N–H and O–H groups in total. The van der Waals surface area contributed by atoms with E-state index in [0.29, 0.717) is 29.4 Å². The summed E-state index contributed by atoms with van der Waals surface area (Å²) in [6, 6.07) is 8.69. The molecule has 33 heavy (non-hydrogen) atoms. The number of benzene rings is 1. The normalized spacial score (nSPS) is 18.8. The molecular weight excluding hydrogens is 435 g/mol. The van der Waals surface area contributed by atoms with Crippen molar-refractivity contribution in [3.05, 3.63) is 65.2 Å². The number of ether oxygens (including phenoxy) is 1. The fraction of sp³-hybridized carbons (Fsp3) is 0.375. The number of nitrogens with zero attached hydrogens (tertiary/aromatic N) is 2. The molecule has 1 saturated carbocycles. The second-order valence-corrected chi connectivity index (χ2v) is 8.43. The minimum Gasteiger partial charge on any atom is -0.493 e. The summed E-state index contributed by atoms with van der Waals surface area (Å²) in [5.41, 5.74) is 1.49. The third kappa shape index (κ3) is 5.35. The Labute approximate surface area is 188 Å². The van der Waals surface area contributed by atoms with Crippen LogP contribution in [0.3, 0.4) is 0 Å². The summed E-state index contributed by atoms with van der Waals surface area (Å²) in [4.78, 5) is 21.9. The maximum atomic E-state index is 12.8. The summed E-state index contributed by atoms with van der Waals surface area (Å²) < 4.78 is 44.1. The smallest absolute Gasteiger partial charge is 0.432 e. The van der Waals surface area contributed by atoms with Gasteiger partial charge in [-0.3, -0.25) is 4.98 Å². The fourth-order valence-corrected chi connectivity index (χ4v) is 4.16. The van der Waals surface area contributed by atoms with Crippen LogP contribution in [0.15, 0.2) is 42.7 Å². The number of nitrogens with one attached hydrogen (secondary N) is 1. The predicted octanol–water partition coefficient (Wildman–Crippen LogP) is 5.85. The number of hydrogen-bond acceptors (Lipinski definition) is 4. The number of hydrogen-bond donors (Lipinski definition) is 2. The van der Waals surface area contributed by atoms with Crippen LogP contribution >= 0.6 is 0 Å². The lowest BCUT2D eigenvalue weighted by molar-refractivity contribution is -0.140. The Hall–Kier alpha value is -3.36. The molecule has 0 atom stereocenters. The van der Waals surface area contributed by atoms with Crippen molar-refractivity contribution < 1.29 is 27.8 Å². The molecule has 1 aliphatic carbocycles. The number of aromatic amines is 1. The highest BCUT2D eigenvalue weighted by molar-refractivity contribution is 5.89. The Morgan fingerprint density at radius 3 is 2.48 bits per heavy atom. The van der Waals surface area contributed by atoms with E-state index in [1.54, 1.807) is 37.4 Å². The first-order valence-corrected chi connectivity index (χ1v) is 10.8. The van der Waals surface area contributed by atoms with Gasteiger partial charge in [0.25, 0.3) is 0 Å². The van der Waals surface area contributed by atoms with Gasteiger partial charge in [0.15, 0.2) is 0 Å². The zero-order valence-corrected chi connectivity index (χ0v) is 18.0. The zero-order chi connectivity index (χ0) is 23.6. The first-order chi connectivity index (χ1) is 15.7. The van der Waals surface area contributed by atoms with Crippen LogP contribution in [-0.4, -0.2) is 32.6 Å². The lowest BCUT2D eigenvalue weighted by atomic mass is 9.80. The number of aromatic carboxylic acids is 1. The number of alkyl halides is 3. The molecule has 0 unspecified atom stereocenters. The van der Waals surface area contributed by atoms with Gasteiger partial charge in [0.2, 0.25) is 0 Å². The van der Waals surface area contributed by atoms with Crippen molar-refractivity contribution in [1.29, 1.82) is 0 Å². The van der Waals surface area contributed by atoms with Crippen molar-refractivity contribution in [2.45, 2.75) is 44.7 Å². The third-order valence-corrected chi connectivity index (χ3v) is 6.13. The average molecular weight is 459 g/mol. The van der Waals surface area contributed by atoms with Crippen molar-refractivity contribution in [3.8, 4) is 17.1 Å². The van der Waals surface area contributed by atoms with Gasteiger partial charge in [0, 0.05) is 23.4 Å². The number of carboxylic acids is 1. The molecule has 0 radical (unpaired) electrons. The maximum Gasteiger partial charge on any atom is 0.432 e. The van der Waals surface area contributed by atoms with Gasteiger partial charge in [-0.25, -0.2) is 9.78 Å². The average Bonchev–Trinajstić information content (AvgIpc) is 3.30. The maximum absolute atomic E-state index is 12.8. The Bertz CT molecular complexity index is 1120. The second-order valence-electron chi connectivity index (χ2n) is 8.43. The number of rotatable bonds is 6. The second kappa shape index (κ2) is 9.25. The van der Waals surface area contributed by atoms with Crippen LogP contribution in [0.25, 0.3) is 11.4 Å². The highest BCUT2D eigenvalue weighted by Crippen LogP contribution is 2.36. The Balaban J connectivity index is 1.30. The van der Waals surface area contributed by atoms with Gasteiger partial charge in [-0.15, -0.1) is 0 Å². The van der Waals surface area contributed by atoms with Crippen molar-refractivity contribution >= 4 is 5.97 Å². The Kier molecular flexibility index (Phi) is 6.40. The summed E-state index contributed by atoms with van der Waals surface area (Å²) >= 11 is 0. The van der Waals surface area contributed by atoms with Crippen LogP contribution in [-0.2, 0) is 6.18 Å². The topological polar surface area (TPSA) is 88.1 Å². The lowest BCUT2D eigenvalue weighted by Gasteiger charge is -2.28. The fourth-order valence-electron chi connectivity index (χ4n) is 4.16. The molecular formula is C24H24F3N3O3. The number of carboxylic acid groups (broad SMARTS) is 1. The Morgan fingerprint density at radius 1 is 1.12 bits per heavy atom. The SMILES string of the molecule is Cc1ccc(OCC2CCC(c3ccc(-c4ncc(C(F)(F)F)[nH]4)cn3)CC2)cc1C(=O)O. The first-order valence-electron chi connectivity index (χ1n) is 10.8. The number of H-pyrrole nitrogens is 1. The molecule has 1 fully saturated rings. The van der Waals surface area contributed by atoms with E-state index in [-0.39, 0.29) is 17.3 Å². The van der Waals surface area contributed by atoms with E-state index >= 15 is 0 Å². The number of halogens is 3. The molecule has 0 saturated heterocycles. The molecule has 3 aromatic rings. The van der Waals surface area contributed by atoms with Crippen LogP contribution in [0.4, 0.5) is 13.2 Å². The van der Waals surface area contributed by atoms with Gasteiger partial charge in [-0.1, -0.05) is 6.07 Å². The van der Waals surface area contributed by atoms with Crippen LogP contribution in [0.1, 0.15) is 58.9 Å². The summed E-state index contributed by atoms with van der Waals surface area (Å²) in [7, 11) is 0. The van der Waals surface area contributed by atoms with Gasteiger partial charge >= 0.3 is 12.1 Å². The van der Waals surface area contributed by atoms with Crippen molar-refractivity contribution in [3.63, 3.8) is 0 Å². The van der Waals surface area contributed by atoms with Crippen molar-refractivity contribution in [1.82, 2.24) is 15.0 Å². The van der Waals surface area contributed by atoms with Crippen molar-refractivity contribution in [2.24, 2.45) is 5.92 Å². The molecule has 6 nitrogen and oxygen atoms in total. The lowest BCUT2D eigenvalue weighted by Crippen LogP contribution is -2.20. The van der Waals surface area contributed by atoms with Crippen LogP contribution in [0.5, 0.6) is 5.75 Å². The van der Waals surface area contributed by atoms with E-state index in [1.807, 2.05) is 6.07 Å². The number of aryl methyl sites for hydroxylation is 1. The summed E-state index contributed by atoms with van der Waals surface area (Å²) in [6.45, 7) is 2.28. The molecule has 0 aliphatic heterocycles.